The summed E-state index contributed by atoms with van der Waals surface area (Å²) in [6.45, 7) is 7.92. The molecule has 0 saturated heterocycles. The van der Waals surface area contributed by atoms with Crippen LogP contribution in [0.25, 0.3) is 11.0 Å². The van der Waals surface area contributed by atoms with Crippen LogP contribution in [0.3, 0.4) is 0 Å². The van der Waals surface area contributed by atoms with Crippen LogP contribution in [-0.2, 0) is 9.53 Å². The van der Waals surface area contributed by atoms with Crippen LogP contribution < -0.4 is 11.3 Å². The minimum absolute atomic E-state index is 0.197. The van der Waals surface area contributed by atoms with E-state index in [2.05, 4.69) is 29.8 Å². The van der Waals surface area contributed by atoms with E-state index in [-0.39, 0.29) is 22.9 Å². The summed E-state index contributed by atoms with van der Waals surface area (Å²) in [5.41, 5.74) is 7.32. The molecule has 1 aliphatic rings. The van der Waals surface area contributed by atoms with E-state index in [4.69, 9.17) is 10.5 Å². The molecule has 2 heterocycles. The molecule has 9 heteroatoms. The van der Waals surface area contributed by atoms with Gasteiger partial charge in [-0.2, -0.15) is 9.36 Å². The molecule has 0 bridgehead atoms. The number of rotatable bonds is 7. The molecule has 3 rings (SSSR count). The SMILES string of the molecule is C=CCC1=CC(=Cc2c(N)n3c(SCC(C)C)nsc3nc2=O)C=C(OC)C1=O. The van der Waals surface area contributed by atoms with Crippen molar-refractivity contribution in [1.82, 2.24) is 13.8 Å². The van der Waals surface area contributed by atoms with Gasteiger partial charge in [-0.25, -0.2) is 4.40 Å². The molecule has 7 nitrogen and oxygen atoms in total. The first-order valence-corrected chi connectivity index (χ1v) is 10.8. The molecule has 0 radical (unpaired) electrons. The third-order valence-corrected chi connectivity index (χ3v) is 6.31. The van der Waals surface area contributed by atoms with Gasteiger partial charge in [0.05, 0.1) is 12.7 Å². The van der Waals surface area contributed by atoms with Gasteiger partial charge in [0, 0.05) is 22.9 Å². The standard InChI is InChI=1S/C20H22N4O3S2/c1-5-6-13-7-12(9-15(27-4)16(13)25)8-14-17(21)24-19(22-18(14)26)29-23-20(24)28-10-11(2)3/h5,7-9,11H,1,6,10,21H2,2-4H3. The fourth-order valence-electron chi connectivity index (χ4n) is 2.76. The van der Waals surface area contributed by atoms with Gasteiger partial charge in [0.25, 0.3) is 5.56 Å². The van der Waals surface area contributed by atoms with Crippen molar-refractivity contribution < 1.29 is 9.53 Å². The molecule has 2 N–H and O–H groups in total. The molecule has 0 aromatic carbocycles. The highest BCUT2D eigenvalue weighted by molar-refractivity contribution is 7.99. The number of carbonyl (C=O) groups excluding carboxylic acids is 1. The molecule has 0 spiro atoms. The smallest absolute Gasteiger partial charge is 0.283 e. The van der Waals surface area contributed by atoms with Gasteiger partial charge in [-0.05, 0) is 36.1 Å². The number of hydrogen-bond donors (Lipinski definition) is 1. The molecule has 152 valence electrons. The van der Waals surface area contributed by atoms with Crippen molar-refractivity contribution >= 4 is 45.9 Å². The van der Waals surface area contributed by atoms with Crippen LogP contribution in [0.4, 0.5) is 5.82 Å². The maximum absolute atomic E-state index is 12.6. The Morgan fingerprint density at radius 1 is 1.38 bits per heavy atom. The summed E-state index contributed by atoms with van der Waals surface area (Å²) >= 11 is 2.71. The largest absolute Gasteiger partial charge is 0.493 e. The van der Waals surface area contributed by atoms with Crippen molar-refractivity contribution in [2.75, 3.05) is 18.6 Å². The average Bonchev–Trinajstić information content (AvgIpc) is 3.08. The highest BCUT2D eigenvalue weighted by atomic mass is 32.2. The molecule has 2 aromatic rings. The van der Waals surface area contributed by atoms with Gasteiger partial charge >= 0.3 is 0 Å². The van der Waals surface area contributed by atoms with E-state index in [0.29, 0.717) is 33.6 Å². The van der Waals surface area contributed by atoms with Crippen LogP contribution in [0.1, 0.15) is 25.8 Å². The van der Waals surface area contributed by atoms with E-state index in [1.807, 2.05) is 0 Å². The number of nitrogen functional groups attached to an aromatic ring is 1. The maximum Gasteiger partial charge on any atom is 0.283 e. The fourth-order valence-corrected chi connectivity index (χ4v) is 4.57. The van der Waals surface area contributed by atoms with E-state index >= 15 is 0 Å². The summed E-state index contributed by atoms with van der Waals surface area (Å²) in [7, 11) is 1.43. The molecule has 2 aromatic heterocycles. The summed E-state index contributed by atoms with van der Waals surface area (Å²) in [6, 6.07) is 0. The maximum atomic E-state index is 12.6. The lowest BCUT2D eigenvalue weighted by atomic mass is 9.95. The average molecular weight is 431 g/mol. The lowest BCUT2D eigenvalue weighted by Gasteiger charge is -2.14. The number of nitrogens with two attached hydrogens (primary N) is 1. The van der Waals surface area contributed by atoms with Gasteiger partial charge in [-0.1, -0.05) is 31.7 Å². The van der Waals surface area contributed by atoms with Crippen LogP contribution >= 0.6 is 23.3 Å². The molecule has 0 fully saturated rings. The zero-order chi connectivity index (χ0) is 21.1. The molecule has 0 unspecified atom stereocenters. The van der Waals surface area contributed by atoms with Crippen molar-refractivity contribution in [2.45, 2.75) is 25.4 Å². The summed E-state index contributed by atoms with van der Waals surface area (Å²) in [6.07, 6.45) is 6.96. The number of hydrogen-bond acceptors (Lipinski definition) is 8. The van der Waals surface area contributed by atoms with E-state index in [1.165, 1.54) is 7.11 Å². The number of nitrogens with zero attached hydrogens (tertiary/aromatic N) is 3. The van der Waals surface area contributed by atoms with Gasteiger partial charge in [0.15, 0.2) is 10.9 Å². The lowest BCUT2D eigenvalue weighted by Crippen LogP contribution is -2.17. The van der Waals surface area contributed by atoms with Crippen LogP contribution in [0.15, 0.2) is 51.7 Å². The van der Waals surface area contributed by atoms with Gasteiger partial charge < -0.3 is 10.5 Å². The normalized spacial score (nSPS) is 15.7. The lowest BCUT2D eigenvalue weighted by molar-refractivity contribution is -0.115. The van der Waals surface area contributed by atoms with Gasteiger partial charge in [0.2, 0.25) is 10.7 Å². The summed E-state index contributed by atoms with van der Waals surface area (Å²) in [4.78, 5) is 29.5. The van der Waals surface area contributed by atoms with E-state index < -0.39 is 5.56 Å². The number of ether oxygens (including phenoxy) is 1. The fraction of sp³-hybridized carbons (Fsp3) is 0.300. The van der Waals surface area contributed by atoms with Crippen LogP contribution in [-0.4, -0.2) is 32.4 Å². The Morgan fingerprint density at radius 2 is 2.14 bits per heavy atom. The zero-order valence-electron chi connectivity index (χ0n) is 16.5. The van der Waals surface area contributed by atoms with Crippen molar-refractivity contribution in [3.05, 3.63) is 57.6 Å². The molecule has 0 amide bonds. The summed E-state index contributed by atoms with van der Waals surface area (Å²) in [5, 5.41) is 0.707. The second kappa shape index (κ2) is 8.79. The minimum atomic E-state index is -0.443. The Morgan fingerprint density at radius 3 is 2.79 bits per heavy atom. The van der Waals surface area contributed by atoms with E-state index in [9.17, 15) is 9.59 Å². The third-order valence-electron chi connectivity index (χ3n) is 4.13. The molecular weight excluding hydrogens is 408 g/mol. The number of ketones is 1. The Kier molecular flexibility index (Phi) is 6.39. The first-order valence-electron chi connectivity index (χ1n) is 9.00. The van der Waals surface area contributed by atoms with Gasteiger partial charge in [0.1, 0.15) is 5.82 Å². The van der Waals surface area contributed by atoms with Crippen molar-refractivity contribution in [3.63, 3.8) is 0 Å². The van der Waals surface area contributed by atoms with Crippen LogP contribution in [0.2, 0.25) is 0 Å². The number of fused-ring (bicyclic) bond motifs is 1. The molecule has 0 aliphatic heterocycles. The van der Waals surface area contributed by atoms with Crippen molar-refractivity contribution in [1.29, 1.82) is 0 Å². The first kappa shape index (κ1) is 21.1. The van der Waals surface area contributed by atoms with Crippen molar-refractivity contribution in [3.8, 4) is 0 Å². The highest BCUT2D eigenvalue weighted by Crippen LogP contribution is 2.28. The third kappa shape index (κ3) is 4.35. The molecule has 0 atom stereocenters. The highest BCUT2D eigenvalue weighted by Gasteiger charge is 2.21. The molecule has 1 aliphatic carbocycles. The van der Waals surface area contributed by atoms with Crippen LogP contribution in [0.5, 0.6) is 0 Å². The summed E-state index contributed by atoms with van der Waals surface area (Å²) in [5.74, 6) is 1.63. The summed E-state index contributed by atoms with van der Waals surface area (Å²) < 4.78 is 11.3. The topological polar surface area (TPSA) is 99.6 Å². The van der Waals surface area contributed by atoms with E-state index in [1.54, 1.807) is 40.5 Å². The Bertz CT molecular complexity index is 1120. The molecular formula is C20H22N4O3S2. The molecule has 29 heavy (non-hydrogen) atoms. The predicted octanol–water partition coefficient (Wildman–Crippen LogP) is 3.48. The number of methoxy groups -OCH3 is 1. The Balaban J connectivity index is 2.12. The Hall–Kier alpha value is -2.65. The van der Waals surface area contributed by atoms with Crippen LogP contribution in [0, 0.1) is 5.92 Å². The Labute approximate surface area is 176 Å². The van der Waals surface area contributed by atoms with E-state index in [0.717, 1.165) is 17.3 Å². The number of thioether (sulfide) groups is 1. The minimum Gasteiger partial charge on any atom is -0.493 e. The quantitative estimate of drug-likeness (QED) is 0.530. The second-order valence-electron chi connectivity index (χ2n) is 6.85. The first-order chi connectivity index (χ1) is 13.8. The number of allylic oxidation sites excluding steroid dienone is 5. The number of aromatic nitrogens is 3. The van der Waals surface area contributed by atoms with Crippen molar-refractivity contribution in [2.24, 2.45) is 5.92 Å². The van der Waals surface area contributed by atoms with Gasteiger partial charge in [-0.3, -0.25) is 9.59 Å². The predicted molar refractivity (Wildman–Crippen MR) is 118 cm³/mol. The number of anilines is 1. The zero-order valence-corrected chi connectivity index (χ0v) is 18.1. The second-order valence-corrected chi connectivity index (χ2v) is 8.57. The number of Topliss-reactive ketones (excluding diaryl/α,β-unsaturated/α-hetero) is 1. The monoisotopic (exact) mass is 430 g/mol. The molecule has 0 saturated carbocycles. The van der Waals surface area contributed by atoms with Gasteiger partial charge in [-0.15, -0.1) is 6.58 Å². The number of carbonyl (C=O) groups is 1.